The van der Waals surface area contributed by atoms with E-state index < -0.39 is 5.79 Å². The van der Waals surface area contributed by atoms with Gasteiger partial charge in [0.05, 0.1) is 6.04 Å². The predicted molar refractivity (Wildman–Crippen MR) is 105 cm³/mol. The minimum atomic E-state index is -1.10. The number of aromatic nitrogens is 3. The van der Waals surface area contributed by atoms with Gasteiger partial charge in [-0.3, -0.25) is 25.9 Å². The van der Waals surface area contributed by atoms with Crippen LogP contribution in [0.4, 0.5) is 4.39 Å². The molecule has 1 saturated carbocycles. The van der Waals surface area contributed by atoms with Gasteiger partial charge in [0.25, 0.3) is 0 Å². The summed E-state index contributed by atoms with van der Waals surface area (Å²) in [6.45, 7) is 1.97. The summed E-state index contributed by atoms with van der Waals surface area (Å²) in [4.78, 5) is 4.83. The third-order valence-electron chi connectivity index (χ3n) is 5.30. The van der Waals surface area contributed by atoms with E-state index in [9.17, 15) is 4.39 Å². The van der Waals surface area contributed by atoms with Gasteiger partial charge in [0, 0.05) is 17.8 Å². The number of rotatable bonds is 4. The second kappa shape index (κ2) is 6.20. The van der Waals surface area contributed by atoms with Crippen LogP contribution in [0.1, 0.15) is 54.4 Å². The highest BCUT2D eigenvalue weighted by Crippen LogP contribution is 2.39. The largest absolute Gasteiger partial charge is 0.328 e. The van der Waals surface area contributed by atoms with Crippen LogP contribution < -0.4 is 16.5 Å². The number of hydrogen-bond donors (Lipinski definition) is 4. The number of aliphatic imine (C=N–C) groups is 1. The average Bonchev–Trinajstić information content (AvgIpc) is 3.20. The average molecular weight is 379 g/mol. The fourth-order valence-electron chi connectivity index (χ4n) is 3.51. The fourth-order valence-corrected chi connectivity index (χ4v) is 3.51. The molecule has 144 valence electrons. The van der Waals surface area contributed by atoms with Crippen LogP contribution >= 0.6 is 0 Å². The van der Waals surface area contributed by atoms with Crippen molar-refractivity contribution >= 4 is 5.84 Å². The summed E-state index contributed by atoms with van der Waals surface area (Å²) in [6, 6.07) is 12.1. The van der Waals surface area contributed by atoms with E-state index in [2.05, 4.69) is 20.9 Å². The Bertz CT molecular complexity index is 1030. The zero-order chi connectivity index (χ0) is 19.3. The number of amidine groups is 1. The van der Waals surface area contributed by atoms with Gasteiger partial charge in [-0.2, -0.15) is 5.10 Å². The maximum Gasteiger partial charge on any atom is 0.223 e. The molecule has 1 aliphatic carbocycles. The van der Waals surface area contributed by atoms with Gasteiger partial charge < -0.3 is 5.32 Å². The Morgan fingerprint density at radius 2 is 2.07 bits per heavy atom. The molecule has 1 aliphatic heterocycles. The number of nitrogens with two attached hydrogens (primary N) is 1. The van der Waals surface area contributed by atoms with E-state index in [1.54, 1.807) is 12.1 Å². The van der Waals surface area contributed by atoms with Gasteiger partial charge in [-0.05, 0) is 55.7 Å². The number of aromatic amines is 1. The number of nitrogens with one attached hydrogen (secondary N) is 3. The van der Waals surface area contributed by atoms with E-state index in [0.29, 0.717) is 17.4 Å². The quantitative estimate of drug-likeness (QED) is 0.560. The summed E-state index contributed by atoms with van der Waals surface area (Å²) in [5, 5.41) is 10.8. The third kappa shape index (κ3) is 2.95. The zero-order valence-electron chi connectivity index (χ0n) is 15.5. The van der Waals surface area contributed by atoms with E-state index >= 15 is 0 Å². The highest BCUT2D eigenvalue weighted by molar-refractivity contribution is 5.99. The van der Waals surface area contributed by atoms with E-state index in [1.165, 1.54) is 25.0 Å². The van der Waals surface area contributed by atoms with Crippen molar-refractivity contribution in [1.82, 2.24) is 20.2 Å². The Morgan fingerprint density at radius 1 is 1.29 bits per heavy atom. The zero-order valence-corrected chi connectivity index (χ0v) is 15.5. The summed E-state index contributed by atoms with van der Waals surface area (Å²) in [5.41, 5.74) is 13.5. The third-order valence-corrected chi connectivity index (χ3v) is 5.30. The van der Waals surface area contributed by atoms with Gasteiger partial charge in [0.15, 0.2) is 5.84 Å². The monoisotopic (exact) mass is 379 g/mol. The summed E-state index contributed by atoms with van der Waals surface area (Å²) in [6.07, 6.45) is 4.26. The van der Waals surface area contributed by atoms with E-state index in [4.69, 9.17) is 10.7 Å². The molecule has 0 radical (unpaired) electrons. The molecule has 2 atom stereocenters. The first-order valence-electron chi connectivity index (χ1n) is 9.44. The maximum absolute atomic E-state index is 13.2. The summed E-state index contributed by atoms with van der Waals surface area (Å²) < 4.78 is 15.1. The van der Waals surface area contributed by atoms with Crippen molar-refractivity contribution in [3.8, 4) is 0 Å². The minimum Gasteiger partial charge on any atom is -0.328 e. The van der Waals surface area contributed by atoms with Crippen LogP contribution in [0.3, 0.4) is 0 Å². The normalized spacial score (nSPS) is 23.8. The molecule has 7 nitrogen and oxygen atoms in total. The summed E-state index contributed by atoms with van der Waals surface area (Å²) in [7, 11) is 0. The summed E-state index contributed by atoms with van der Waals surface area (Å²) >= 11 is 0. The van der Waals surface area contributed by atoms with Crippen LogP contribution in [0.15, 0.2) is 53.7 Å². The van der Waals surface area contributed by atoms with Gasteiger partial charge in [-0.25, -0.2) is 4.39 Å². The van der Waals surface area contributed by atoms with Gasteiger partial charge in [-0.1, -0.05) is 12.1 Å². The molecule has 1 unspecified atom stereocenters. The molecule has 1 fully saturated rings. The fraction of sp³-hybridized carbons (Fsp3) is 0.300. The van der Waals surface area contributed by atoms with E-state index in [1.807, 2.05) is 36.0 Å². The van der Waals surface area contributed by atoms with Crippen LogP contribution in [-0.4, -0.2) is 20.7 Å². The van der Waals surface area contributed by atoms with Crippen molar-refractivity contribution in [3.63, 3.8) is 0 Å². The first-order valence-corrected chi connectivity index (χ1v) is 9.44. The maximum atomic E-state index is 13.2. The highest BCUT2D eigenvalue weighted by Gasteiger charge is 2.38. The Balaban J connectivity index is 1.49. The molecule has 28 heavy (non-hydrogen) atoms. The van der Waals surface area contributed by atoms with Crippen LogP contribution in [-0.2, 0) is 5.79 Å². The molecule has 8 heteroatoms. The lowest BCUT2D eigenvalue weighted by atomic mass is 10.1. The Morgan fingerprint density at radius 3 is 2.82 bits per heavy atom. The molecule has 2 aliphatic rings. The Labute approximate surface area is 161 Å². The molecule has 1 aromatic carbocycles. The molecule has 0 spiro atoms. The molecular weight excluding hydrogens is 357 g/mol. The molecule has 5 N–H and O–H groups in total. The first-order chi connectivity index (χ1) is 13.5. The number of nitrogens with zero attached hydrogens (tertiary/aromatic N) is 3. The lowest BCUT2D eigenvalue weighted by Gasteiger charge is -2.37. The Hall–Kier alpha value is -3.13. The lowest BCUT2D eigenvalue weighted by molar-refractivity contribution is 0.393. The molecule has 0 bridgehead atoms. The summed E-state index contributed by atoms with van der Waals surface area (Å²) in [5.74, 6) is -0.151. The van der Waals surface area contributed by atoms with Crippen LogP contribution in [0, 0.1) is 5.82 Å². The smallest absolute Gasteiger partial charge is 0.223 e. The number of benzene rings is 1. The van der Waals surface area contributed by atoms with Gasteiger partial charge in [0.2, 0.25) is 5.79 Å². The van der Waals surface area contributed by atoms with Crippen molar-refractivity contribution in [2.75, 3.05) is 5.43 Å². The van der Waals surface area contributed by atoms with E-state index in [-0.39, 0.29) is 11.9 Å². The van der Waals surface area contributed by atoms with Crippen molar-refractivity contribution in [2.24, 2.45) is 10.7 Å². The van der Waals surface area contributed by atoms with Gasteiger partial charge in [0.1, 0.15) is 17.2 Å². The molecule has 0 amide bonds. The highest BCUT2D eigenvalue weighted by atomic mass is 19.1. The van der Waals surface area contributed by atoms with Crippen LogP contribution in [0.25, 0.3) is 0 Å². The minimum absolute atomic E-state index is 0.171. The van der Waals surface area contributed by atoms with Crippen molar-refractivity contribution in [2.45, 2.75) is 37.5 Å². The number of halogens is 1. The van der Waals surface area contributed by atoms with Gasteiger partial charge >= 0.3 is 0 Å². The molecule has 3 heterocycles. The molecule has 3 aromatic rings. The number of fused-ring (bicyclic) bond motifs is 1. The molecular formula is C20H22FN7. The predicted octanol–water partition coefficient (Wildman–Crippen LogP) is 2.65. The Kier molecular flexibility index (Phi) is 3.77. The molecule has 5 rings (SSSR count). The lowest BCUT2D eigenvalue weighted by Crippen LogP contribution is -2.65. The van der Waals surface area contributed by atoms with Crippen molar-refractivity contribution in [1.29, 1.82) is 0 Å². The van der Waals surface area contributed by atoms with Crippen molar-refractivity contribution < 1.29 is 4.39 Å². The van der Waals surface area contributed by atoms with Crippen LogP contribution in [0.2, 0.25) is 0 Å². The molecule has 2 aromatic heterocycles. The second-order valence-corrected chi connectivity index (χ2v) is 7.50. The van der Waals surface area contributed by atoms with Crippen LogP contribution in [0.5, 0.6) is 0 Å². The SMILES string of the molecule is C[C@H](N=C1NC(N)(c2cc(C3CC3)[nH]n2)Nn2cccc21)c1ccc(F)cc1. The van der Waals surface area contributed by atoms with E-state index in [0.717, 1.165) is 17.0 Å². The topological polar surface area (TPSA) is 96.0 Å². The first kappa shape index (κ1) is 17.0. The second-order valence-electron chi connectivity index (χ2n) is 7.50. The number of hydrogen-bond acceptors (Lipinski definition) is 4. The number of H-pyrrole nitrogens is 1. The van der Waals surface area contributed by atoms with Gasteiger partial charge in [-0.15, -0.1) is 0 Å². The van der Waals surface area contributed by atoms with Crippen molar-refractivity contribution in [3.05, 3.63) is 77.1 Å². The molecule has 0 saturated heterocycles. The standard InChI is InChI=1S/C20H22FN7/c1-12(13-6-8-15(21)9-7-13)23-19-17-3-2-10-28(17)27-20(22,24-19)18-11-16(25-26-18)14-4-5-14/h2-3,6-12,14,27H,4-5,22H2,1H3,(H,23,24)(H,25,26)/t12-,20?/m0/s1.